The Labute approximate surface area is 138 Å². The van der Waals surface area contributed by atoms with Gasteiger partial charge in [0.1, 0.15) is 6.54 Å². The molecule has 3 N–H and O–H groups in total. The molecule has 0 spiro atoms. The molecule has 2 aromatic rings. The zero-order valence-corrected chi connectivity index (χ0v) is 12.8. The number of hydrogen-bond acceptors (Lipinski definition) is 3. The van der Waals surface area contributed by atoms with Crippen LogP contribution in [0.1, 0.15) is 5.56 Å². The number of nitrogens with one attached hydrogen (secondary N) is 3. The molecule has 122 valence electrons. The number of nitrogens with zero attached hydrogens (tertiary/aromatic N) is 1. The smallest absolute Gasteiger partial charge is 0.311 e. The first-order chi connectivity index (χ1) is 11.6. The molecular weight excluding hydrogens is 308 g/mol. The lowest BCUT2D eigenvalue weighted by atomic mass is 10.2. The van der Waals surface area contributed by atoms with Gasteiger partial charge in [-0.1, -0.05) is 30.3 Å². The number of urea groups is 2. The van der Waals surface area contributed by atoms with Crippen LogP contribution in [0.25, 0.3) is 0 Å². The van der Waals surface area contributed by atoms with Crippen LogP contribution < -0.4 is 16.0 Å². The summed E-state index contributed by atoms with van der Waals surface area (Å²) in [4.78, 5) is 36.0. The molecule has 5 amide bonds. The summed E-state index contributed by atoms with van der Waals surface area (Å²) in [5, 5.41) is 7.69. The van der Waals surface area contributed by atoms with E-state index in [2.05, 4.69) is 16.0 Å². The van der Waals surface area contributed by atoms with Crippen LogP contribution in [0.3, 0.4) is 0 Å². The summed E-state index contributed by atoms with van der Waals surface area (Å²) in [6.07, 6.45) is 0. The monoisotopic (exact) mass is 324 g/mol. The minimum absolute atomic E-state index is 0.0678. The van der Waals surface area contributed by atoms with E-state index in [1.807, 2.05) is 18.2 Å². The van der Waals surface area contributed by atoms with Gasteiger partial charge >= 0.3 is 12.1 Å². The van der Waals surface area contributed by atoms with Gasteiger partial charge in [0.15, 0.2) is 0 Å². The van der Waals surface area contributed by atoms with Crippen LogP contribution in [0.5, 0.6) is 0 Å². The van der Waals surface area contributed by atoms with Gasteiger partial charge in [-0.25, -0.2) is 9.59 Å². The lowest BCUT2D eigenvalue weighted by Crippen LogP contribution is -2.27. The van der Waals surface area contributed by atoms with E-state index in [4.69, 9.17) is 0 Å². The summed E-state index contributed by atoms with van der Waals surface area (Å²) in [6.45, 7) is 0.409. The molecule has 0 unspecified atom stereocenters. The van der Waals surface area contributed by atoms with Crippen molar-refractivity contribution in [2.24, 2.45) is 0 Å². The van der Waals surface area contributed by atoms with Crippen LogP contribution in [-0.2, 0) is 11.3 Å². The number of carbonyl (C=O) groups excluding carboxylic acids is 3. The highest BCUT2D eigenvalue weighted by Gasteiger charge is 2.26. The molecule has 3 rings (SSSR count). The summed E-state index contributed by atoms with van der Waals surface area (Å²) in [7, 11) is 0. The van der Waals surface area contributed by atoms with E-state index in [1.165, 1.54) is 4.90 Å². The maximum Gasteiger partial charge on any atom is 0.324 e. The van der Waals surface area contributed by atoms with Crippen molar-refractivity contribution in [2.45, 2.75) is 6.54 Å². The fraction of sp³-hybridized carbons (Fsp3) is 0.118. The van der Waals surface area contributed by atoms with Gasteiger partial charge in [0, 0.05) is 17.9 Å². The molecule has 0 atom stereocenters. The highest BCUT2D eigenvalue weighted by atomic mass is 16.2. The van der Waals surface area contributed by atoms with Crippen LogP contribution in [0.15, 0.2) is 54.6 Å². The van der Waals surface area contributed by atoms with E-state index in [0.29, 0.717) is 17.9 Å². The molecular formula is C17H16N4O3. The highest BCUT2D eigenvalue weighted by Crippen LogP contribution is 2.14. The third-order valence-corrected chi connectivity index (χ3v) is 3.48. The Morgan fingerprint density at radius 3 is 2.17 bits per heavy atom. The van der Waals surface area contributed by atoms with Gasteiger partial charge in [-0.15, -0.1) is 0 Å². The predicted octanol–water partition coefficient (Wildman–Crippen LogP) is 2.38. The minimum atomic E-state index is -0.385. The number of imide groups is 1. The summed E-state index contributed by atoms with van der Waals surface area (Å²) in [6, 6.07) is 15.5. The number of para-hydroxylation sites is 1. The van der Waals surface area contributed by atoms with Crippen molar-refractivity contribution in [1.29, 1.82) is 0 Å². The Hall–Kier alpha value is -3.35. The topological polar surface area (TPSA) is 90.5 Å². The van der Waals surface area contributed by atoms with Gasteiger partial charge in [-0.05, 0) is 29.8 Å². The average Bonchev–Trinajstić information content (AvgIpc) is 2.87. The molecule has 1 fully saturated rings. The second-order valence-corrected chi connectivity index (χ2v) is 5.35. The van der Waals surface area contributed by atoms with E-state index in [9.17, 15) is 14.4 Å². The number of hydrogen-bond donors (Lipinski definition) is 3. The molecule has 7 heteroatoms. The second-order valence-electron chi connectivity index (χ2n) is 5.35. The Bertz CT molecular complexity index is 759. The van der Waals surface area contributed by atoms with Crippen molar-refractivity contribution < 1.29 is 14.4 Å². The zero-order chi connectivity index (χ0) is 16.9. The number of rotatable bonds is 4. The van der Waals surface area contributed by atoms with Crippen molar-refractivity contribution in [3.05, 3.63) is 60.2 Å². The van der Waals surface area contributed by atoms with Crippen LogP contribution in [0, 0.1) is 0 Å². The molecule has 7 nitrogen and oxygen atoms in total. The van der Waals surface area contributed by atoms with E-state index in [1.54, 1.807) is 36.4 Å². The largest absolute Gasteiger partial charge is 0.324 e. The maximum atomic E-state index is 11.9. The van der Waals surface area contributed by atoms with Gasteiger partial charge < -0.3 is 15.5 Å². The van der Waals surface area contributed by atoms with E-state index in [0.717, 1.165) is 5.56 Å². The zero-order valence-electron chi connectivity index (χ0n) is 12.8. The molecule has 1 aliphatic rings. The summed E-state index contributed by atoms with van der Waals surface area (Å²) >= 11 is 0. The molecule has 1 aliphatic heterocycles. The van der Waals surface area contributed by atoms with E-state index in [-0.39, 0.29) is 24.5 Å². The Morgan fingerprint density at radius 1 is 0.958 bits per heavy atom. The second kappa shape index (κ2) is 6.82. The Morgan fingerprint density at radius 2 is 1.58 bits per heavy atom. The third kappa shape index (κ3) is 3.89. The van der Waals surface area contributed by atoms with E-state index >= 15 is 0 Å². The summed E-state index contributed by atoms with van der Waals surface area (Å²) in [5.74, 6) is -0.295. The van der Waals surface area contributed by atoms with Gasteiger partial charge in [-0.2, -0.15) is 0 Å². The molecule has 0 saturated carbocycles. The summed E-state index contributed by atoms with van der Waals surface area (Å²) < 4.78 is 0. The molecule has 2 aromatic carbocycles. The SMILES string of the molecule is O=C1CN(Cc2ccc(NC(=O)Nc3ccccc3)cc2)C(=O)N1. The molecule has 24 heavy (non-hydrogen) atoms. The molecule has 1 heterocycles. The van der Waals surface area contributed by atoms with Crippen molar-refractivity contribution in [3.8, 4) is 0 Å². The third-order valence-electron chi connectivity index (χ3n) is 3.48. The van der Waals surface area contributed by atoms with Crippen molar-refractivity contribution in [2.75, 3.05) is 17.2 Å². The van der Waals surface area contributed by atoms with E-state index < -0.39 is 0 Å². The first-order valence-electron chi connectivity index (χ1n) is 7.41. The predicted molar refractivity (Wildman–Crippen MR) is 89.5 cm³/mol. The first kappa shape index (κ1) is 15.5. The van der Waals surface area contributed by atoms with Crippen LogP contribution >= 0.6 is 0 Å². The number of anilines is 2. The average molecular weight is 324 g/mol. The molecule has 0 aromatic heterocycles. The molecule has 0 bridgehead atoms. The van der Waals surface area contributed by atoms with Gasteiger partial charge in [-0.3, -0.25) is 10.1 Å². The number of amides is 5. The number of benzene rings is 2. The quantitative estimate of drug-likeness (QED) is 0.754. The van der Waals surface area contributed by atoms with Gasteiger partial charge in [0.25, 0.3) is 0 Å². The van der Waals surface area contributed by atoms with Crippen LogP contribution in [0.2, 0.25) is 0 Å². The molecule has 0 aliphatic carbocycles. The molecule has 0 radical (unpaired) electrons. The highest BCUT2D eigenvalue weighted by molar-refractivity contribution is 6.02. The van der Waals surface area contributed by atoms with Crippen molar-refractivity contribution >= 4 is 29.3 Å². The Balaban J connectivity index is 1.55. The first-order valence-corrected chi connectivity index (χ1v) is 7.41. The van der Waals surface area contributed by atoms with Crippen molar-refractivity contribution in [3.63, 3.8) is 0 Å². The maximum absolute atomic E-state index is 11.9. The van der Waals surface area contributed by atoms with Gasteiger partial charge in [0.05, 0.1) is 0 Å². The van der Waals surface area contributed by atoms with Crippen LogP contribution in [-0.4, -0.2) is 29.4 Å². The van der Waals surface area contributed by atoms with Crippen molar-refractivity contribution in [1.82, 2.24) is 10.2 Å². The summed E-state index contributed by atoms with van der Waals surface area (Å²) in [5.41, 5.74) is 2.21. The number of carbonyl (C=O) groups is 3. The standard InChI is InChI=1S/C17H16N4O3/c22-15-11-21(17(24)20-15)10-12-6-8-14(9-7-12)19-16(23)18-13-4-2-1-3-5-13/h1-9H,10-11H2,(H2,18,19,23)(H,20,22,24). The Kier molecular flexibility index (Phi) is 4.42. The normalized spacial score (nSPS) is 13.6. The lowest BCUT2D eigenvalue weighted by molar-refractivity contribution is -0.118. The van der Waals surface area contributed by atoms with Gasteiger partial charge in [0.2, 0.25) is 5.91 Å². The fourth-order valence-electron chi connectivity index (χ4n) is 2.34. The molecule has 1 saturated heterocycles. The van der Waals surface area contributed by atoms with Crippen LogP contribution in [0.4, 0.5) is 21.0 Å². The fourth-order valence-corrected chi connectivity index (χ4v) is 2.34. The minimum Gasteiger partial charge on any atom is -0.311 e. The lowest BCUT2D eigenvalue weighted by Gasteiger charge is -2.13.